The van der Waals surface area contributed by atoms with Gasteiger partial charge in [0.2, 0.25) is 0 Å². The smallest absolute Gasteiger partial charge is 0.165 e. The van der Waals surface area contributed by atoms with E-state index in [0.29, 0.717) is 11.7 Å². The fraction of sp³-hybridized carbons (Fsp3) is 0.917. The van der Waals surface area contributed by atoms with Gasteiger partial charge in [0.1, 0.15) is 5.60 Å². The molecular formula is C12H20O2. The lowest BCUT2D eigenvalue weighted by molar-refractivity contribution is -0.184. The van der Waals surface area contributed by atoms with Gasteiger partial charge in [-0.25, -0.2) is 0 Å². The third-order valence-electron chi connectivity index (χ3n) is 3.77. The topological polar surface area (TPSA) is 26.3 Å². The SMILES string of the molecule is CCCCOC12CCCCC1CC2=O. The number of Topliss-reactive ketones (excluding diaryl/α,β-unsaturated/α-hetero) is 1. The maximum Gasteiger partial charge on any atom is 0.165 e. The van der Waals surface area contributed by atoms with E-state index in [4.69, 9.17) is 4.74 Å². The predicted octanol–water partition coefficient (Wildman–Crippen LogP) is 2.70. The normalized spacial score (nSPS) is 36.4. The number of hydrogen-bond acceptors (Lipinski definition) is 2. The lowest BCUT2D eigenvalue weighted by Crippen LogP contribution is -2.59. The van der Waals surface area contributed by atoms with E-state index >= 15 is 0 Å². The Kier molecular flexibility index (Phi) is 2.91. The van der Waals surface area contributed by atoms with Crippen LogP contribution in [0.5, 0.6) is 0 Å². The molecule has 2 nitrogen and oxygen atoms in total. The summed E-state index contributed by atoms with van der Waals surface area (Å²) in [5, 5.41) is 0. The Morgan fingerprint density at radius 1 is 1.50 bits per heavy atom. The Bertz CT molecular complexity index is 224. The van der Waals surface area contributed by atoms with E-state index < -0.39 is 0 Å². The second-order valence-corrected chi connectivity index (χ2v) is 4.66. The molecule has 2 atom stereocenters. The number of ether oxygens (including phenoxy) is 1. The monoisotopic (exact) mass is 196 g/mol. The van der Waals surface area contributed by atoms with Crippen LogP contribution in [0.3, 0.4) is 0 Å². The van der Waals surface area contributed by atoms with Gasteiger partial charge < -0.3 is 4.74 Å². The number of carbonyl (C=O) groups excluding carboxylic acids is 1. The molecule has 0 spiro atoms. The van der Waals surface area contributed by atoms with Crippen molar-refractivity contribution in [3.63, 3.8) is 0 Å². The number of fused-ring (bicyclic) bond motifs is 1. The highest BCUT2D eigenvalue weighted by Gasteiger charge is 2.56. The molecule has 0 amide bonds. The molecule has 14 heavy (non-hydrogen) atoms. The summed E-state index contributed by atoms with van der Waals surface area (Å²) >= 11 is 0. The summed E-state index contributed by atoms with van der Waals surface area (Å²) in [6.07, 6.45) is 7.67. The van der Waals surface area contributed by atoms with Crippen molar-refractivity contribution in [3.8, 4) is 0 Å². The highest BCUT2D eigenvalue weighted by Crippen LogP contribution is 2.48. The highest BCUT2D eigenvalue weighted by molar-refractivity contribution is 5.94. The standard InChI is InChI=1S/C12H20O2/c1-2-3-8-14-12-7-5-4-6-10(12)9-11(12)13/h10H,2-9H2,1H3. The molecule has 80 valence electrons. The molecular weight excluding hydrogens is 176 g/mol. The van der Waals surface area contributed by atoms with Crippen molar-refractivity contribution >= 4 is 5.78 Å². The van der Waals surface area contributed by atoms with Crippen LogP contribution in [0.1, 0.15) is 51.9 Å². The zero-order chi connectivity index (χ0) is 10.0. The first-order chi connectivity index (χ1) is 6.79. The summed E-state index contributed by atoms with van der Waals surface area (Å²) in [5.41, 5.74) is -0.312. The number of ketones is 1. The number of hydrogen-bond donors (Lipinski definition) is 0. The van der Waals surface area contributed by atoms with Crippen LogP contribution in [-0.4, -0.2) is 18.0 Å². The maximum absolute atomic E-state index is 11.7. The molecule has 0 aromatic carbocycles. The van der Waals surface area contributed by atoms with Crippen LogP contribution in [0, 0.1) is 5.92 Å². The van der Waals surface area contributed by atoms with Crippen LogP contribution in [0.2, 0.25) is 0 Å². The zero-order valence-electron chi connectivity index (χ0n) is 9.05. The molecule has 0 saturated heterocycles. The molecule has 0 heterocycles. The maximum atomic E-state index is 11.7. The molecule has 0 radical (unpaired) electrons. The second kappa shape index (κ2) is 4.01. The van der Waals surface area contributed by atoms with Crippen LogP contribution < -0.4 is 0 Å². The van der Waals surface area contributed by atoms with E-state index in [-0.39, 0.29) is 5.60 Å². The van der Waals surface area contributed by atoms with Gasteiger partial charge >= 0.3 is 0 Å². The minimum Gasteiger partial charge on any atom is -0.367 e. The average molecular weight is 196 g/mol. The molecule has 2 heteroatoms. The van der Waals surface area contributed by atoms with Crippen molar-refractivity contribution in [2.45, 2.75) is 57.5 Å². The predicted molar refractivity (Wildman–Crippen MR) is 55.2 cm³/mol. The highest BCUT2D eigenvalue weighted by atomic mass is 16.5. The van der Waals surface area contributed by atoms with Gasteiger partial charge in [-0.1, -0.05) is 26.2 Å². The lowest BCUT2D eigenvalue weighted by atomic mass is 9.60. The first kappa shape index (κ1) is 10.2. The van der Waals surface area contributed by atoms with Gasteiger partial charge in [-0.3, -0.25) is 4.79 Å². The lowest BCUT2D eigenvalue weighted by Gasteiger charge is -2.50. The van der Waals surface area contributed by atoms with E-state index in [2.05, 4.69) is 6.92 Å². The van der Waals surface area contributed by atoms with E-state index in [1.165, 1.54) is 19.3 Å². The Morgan fingerprint density at radius 3 is 3.00 bits per heavy atom. The average Bonchev–Trinajstić information content (AvgIpc) is 2.19. The molecule has 2 saturated carbocycles. The van der Waals surface area contributed by atoms with Gasteiger partial charge in [-0.2, -0.15) is 0 Å². The quantitative estimate of drug-likeness (QED) is 0.646. The van der Waals surface area contributed by atoms with Crippen molar-refractivity contribution in [2.24, 2.45) is 5.92 Å². The number of unbranched alkanes of at least 4 members (excludes halogenated alkanes) is 1. The summed E-state index contributed by atoms with van der Waals surface area (Å²) in [6.45, 7) is 2.93. The van der Waals surface area contributed by atoms with E-state index in [9.17, 15) is 4.79 Å². The molecule has 0 bridgehead atoms. The minimum atomic E-state index is -0.312. The third kappa shape index (κ3) is 1.50. The Labute approximate surface area is 86.0 Å². The van der Waals surface area contributed by atoms with Crippen LogP contribution in [-0.2, 0) is 9.53 Å². The first-order valence-corrected chi connectivity index (χ1v) is 5.97. The zero-order valence-corrected chi connectivity index (χ0v) is 9.05. The first-order valence-electron chi connectivity index (χ1n) is 5.97. The van der Waals surface area contributed by atoms with Crippen LogP contribution in [0.15, 0.2) is 0 Å². The molecule has 0 aliphatic heterocycles. The van der Waals surface area contributed by atoms with E-state index in [0.717, 1.165) is 32.3 Å². The summed E-state index contributed by atoms with van der Waals surface area (Å²) in [6, 6.07) is 0. The molecule has 2 unspecified atom stereocenters. The van der Waals surface area contributed by atoms with Gasteiger partial charge in [0.25, 0.3) is 0 Å². The van der Waals surface area contributed by atoms with Crippen molar-refractivity contribution in [2.75, 3.05) is 6.61 Å². The fourth-order valence-electron chi connectivity index (χ4n) is 2.78. The third-order valence-corrected chi connectivity index (χ3v) is 3.77. The largest absolute Gasteiger partial charge is 0.367 e. The van der Waals surface area contributed by atoms with Crippen molar-refractivity contribution in [3.05, 3.63) is 0 Å². The summed E-state index contributed by atoms with van der Waals surface area (Å²) in [4.78, 5) is 11.7. The summed E-state index contributed by atoms with van der Waals surface area (Å²) < 4.78 is 5.87. The second-order valence-electron chi connectivity index (χ2n) is 4.66. The van der Waals surface area contributed by atoms with Crippen LogP contribution in [0.4, 0.5) is 0 Å². The van der Waals surface area contributed by atoms with Crippen LogP contribution >= 0.6 is 0 Å². The van der Waals surface area contributed by atoms with Crippen molar-refractivity contribution in [1.29, 1.82) is 0 Å². The Morgan fingerprint density at radius 2 is 2.36 bits per heavy atom. The summed E-state index contributed by atoms with van der Waals surface area (Å²) in [5.74, 6) is 0.930. The molecule has 0 aromatic heterocycles. The summed E-state index contributed by atoms with van der Waals surface area (Å²) in [7, 11) is 0. The van der Waals surface area contributed by atoms with Crippen molar-refractivity contribution in [1.82, 2.24) is 0 Å². The van der Waals surface area contributed by atoms with Gasteiger partial charge in [0.15, 0.2) is 5.78 Å². The molecule has 0 N–H and O–H groups in total. The van der Waals surface area contributed by atoms with Gasteiger partial charge in [-0.15, -0.1) is 0 Å². The van der Waals surface area contributed by atoms with E-state index in [1.807, 2.05) is 0 Å². The molecule has 0 aromatic rings. The Balaban J connectivity index is 1.92. The molecule has 2 rings (SSSR count). The van der Waals surface area contributed by atoms with Crippen molar-refractivity contribution < 1.29 is 9.53 Å². The van der Waals surface area contributed by atoms with Gasteiger partial charge in [-0.05, 0) is 19.3 Å². The van der Waals surface area contributed by atoms with Gasteiger partial charge in [0, 0.05) is 18.9 Å². The minimum absolute atomic E-state index is 0.312. The molecule has 2 fully saturated rings. The molecule has 2 aliphatic rings. The fourth-order valence-corrected chi connectivity index (χ4v) is 2.78. The molecule has 2 aliphatic carbocycles. The van der Waals surface area contributed by atoms with Gasteiger partial charge in [0.05, 0.1) is 0 Å². The van der Waals surface area contributed by atoms with Crippen LogP contribution in [0.25, 0.3) is 0 Å². The Hall–Kier alpha value is -0.370. The number of carbonyl (C=O) groups is 1. The number of rotatable bonds is 4. The van der Waals surface area contributed by atoms with E-state index in [1.54, 1.807) is 0 Å².